The van der Waals surface area contributed by atoms with Crippen molar-refractivity contribution >= 4 is 29.3 Å². The molecule has 2 aliphatic rings. The summed E-state index contributed by atoms with van der Waals surface area (Å²) in [5.74, 6) is -0.876. The maximum absolute atomic E-state index is 13.6. The largest absolute Gasteiger partial charge is 0.383 e. The second kappa shape index (κ2) is 9.79. The minimum atomic E-state index is -1.32. The van der Waals surface area contributed by atoms with Crippen molar-refractivity contribution < 1.29 is 19.1 Å². The molecule has 7 heteroatoms. The highest BCUT2D eigenvalue weighted by molar-refractivity contribution is 6.32. The van der Waals surface area contributed by atoms with Crippen LogP contribution in [0.2, 0.25) is 5.02 Å². The van der Waals surface area contributed by atoms with Crippen molar-refractivity contribution in [3.63, 3.8) is 0 Å². The van der Waals surface area contributed by atoms with E-state index in [4.69, 9.17) is 16.3 Å². The fourth-order valence-electron chi connectivity index (χ4n) is 4.66. The molecule has 1 fully saturated rings. The number of hydrogen-bond acceptors (Lipinski definition) is 4. The van der Waals surface area contributed by atoms with Crippen molar-refractivity contribution in [2.75, 3.05) is 20.3 Å². The Bertz CT molecular complexity index is 899. The lowest BCUT2D eigenvalue weighted by molar-refractivity contribution is -0.144. The van der Waals surface area contributed by atoms with Gasteiger partial charge in [-0.2, -0.15) is 0 Å². The Balaban J connectivity index is 2.00. The van der Waals surface area contributed by atoms with Gasteiger partial charge in [0.2, 0.25) is 17.7 Å². The lowest BCUT2D eigenvalue weighted by Crippen LogP contribution is -2.50. The van der Waals surface area contributed by atoms with E-state index in [-0.39, 0.29) is 49.9 Å². The number of nitrogens with zero attached hydrogens (tertiary/aromatic N) is 2. The van der Waals surface area contributed by atoms with Crippen LogP contribution in [0.1, 0.15) is 38.2 Å². The number of halogens is 1. The van der Waals surface area contributed by atoms with Crippen LogP contribution in [0, 0.1) is 0 Å². The van der Waals surface area contributed by atoms with Crippen LogP contribution in [-0.4, -0.2) is 59.9 Å². The number of likely N-dealkylation sites (tertiary alicyclic amines) is 1. The Morgan fingerprint density at radius 2 is 2.10 bits per heavy atom. The topological polar surface area (TPSA) is 66.9 Å². The van der Waals surface area contributed by atoms with Gasteiger partial charge in [0.25, 0.3) is 0 Å². The van der Waals surface area contributed by atoms with Gasteiger partial charge >= 0.3 is 0 Å². The van der Waals surface area contributed by atoms with Crippen LogP contribution in [0.3, 0.4) is 0 Å². The summed E-state index contributed by atoms with van der Waals surface area (Å²) in [4.78, 5) is 43.1. The SMILES string of the molecule is C=CC[C@@H]1CC=C[C@@H](C)N1C(=O)C[C@]1(c2ccccc2Cl)CC(=O)N(CCOC)C1=O. The molecule has 1 aromatic rings. The summed E-state index contributed by atoms with van der Waals surface area (Å²) in [6.45, 7) is 6.15. The Morgan fingerprint density at radius 1 is 1.35 bits per heavy atom. The van der Waals surface area contributed by atoms with E-state index in [0.717, 1.165) is 6.42 Å². The third-order valence-electron chi connectivity index (χ3n) is 6.15. The van der Waals surface area contributed by atoms with E-state index in [2.05, 4.69) is 12.7 Å². The standard InChI is InChI=1S/C24H29ClN2O4/c1-4-8-18-10-7-9-17(2)27(18)22(29)16-24(19-11-5-6-12-20(19)25)15-21(28)26(23(24)30)13-14-31-3/h4-7,9,11-12,17-18H,1,8,10,13-16H2,2-3H3/t17-,18-,24+/m1/s1. The number of benzene rings is 1. The highest BCUT2D eigenvalue weighted by Crippen LogP contribution is 2.43. The van der Waals surface area contributed by atoms with Gasteiger partial charge in [-0.3, -0.25) is 19.3 Å². The molecule has 3 rings (SSSR count). The number of amides is 3. The Kier molecular flexibility index (Phi) is 7.34. The van der Waals surface area contributed by atoms with E-state index in [1.54, 1.807) is 30.3 Å². The number of carbonyl (C=O) groups is 3. The van der Waals surface area contributed by atoms with Crippen LogP contribution in [0.25, 0.3) is 0 Å². The van der Waals surface area contributed by atoms with E-state index in [1.807, 2.05) is 17.9 Å². The van der Waals surface area contributed by atoms with Crippen molar-refractivity contribution in [2.45, 2.75) is 50.1 Å². The summed E-state index contributed by atoms with van der Waals surface area (Å²) < 4.78 is 5.06. The van der Waals surface area contributed by atoms with E-state index in [0.29, 0.717) is 17.0 Å². The van der Waals surface area contributed by atoms with Crippen LogP contribution in [0.15, 0.2) is 49.1 Å². The average molecular weight is 445 g/mol. The summed E-state index contributed by atoms with van der Waals surface area (Å²) in [7, 11) is 1.51. The third-order valence-corrected chi connectivity index (χ3v) is 6.48. The number of imide groups is 1. The summed E-state index contributed by atoms with van der Waals surface area (Å²) in [5.41, 5.74) is -0.802. The first-order chi connectivity index (χ1) is 14.9. The third kappa shape index (κ3) is 4.46. The lowest BCUT2D eigenvalue weighted by atomic mass is 9.75. The van der Waals surface area contributed by atoms with Crippen LogP contribution in [0.5, 0.6) is 0 Å². The molecular weight excluding hydrogens is 416 g/mol. The molecule has 6 nitrogen and oxygen atoms in total. The highest BCUT2D eigenvalue weighted by Gasteiger charge is 2.55. The molecule has 0 aliphatic carbocycles. The molecule has 0 spiro atoms. The Labute approximate surface area is 188 Å². The molecule has 3 amide bonds. The molecule has 0 aromatic heterocycles. The molecule has 2 heterocycles. The predicted octanol–water partition coefficient (Wildman–Crippen LogP) is 3.49. The normalized spacial score (nSPS) is 25.9. The Morgan fingerprint density at radius 3 is 2.77 bits per heavy atom. The van der Waals surface area contributed by atoms with Gasteiger partial charge in [-0.1, -0.05) is 48.0 Å². The monoisotopic (exact) mass is 444 g/mol. The second-order valence-electron chi connectivity index (χ2n) is 8.14. The quantitative estimate of drug-likeness (QED) is 0.454. The van der Waals surface area contributed by atoms with E-state index < -0.39 is 11.3 Å². The predicted molar refractivity (Wildman–Crippen MR) is 120 cm³/mol. The number of methoxy groups -OCH3 is 1. The molecular formula is C24H29ClN2O4. The molecule has 2 aliphatic heterocycles. The van der Waals surface area contributed by atoms with Crippen LogP contribution >= 0.6 is 11.6 Å². The number of rotatable bonds is 8. The van der Waals surface area contributed by atoms with E-state index in [9.17, 15) is 14.4 Å². The molecule has 1 saturated heterocycles. The van der Waals surface area contributed by atoms with Crippen molar-refractivity contribution in [2.24, 2.45) is 0 Å². The van der Waals surface area contributed by atoms with Gasteiger partial charge in [-0.15, -0.1) is 6.58 Å². The lowest BCUT2D eigenvalue weighted by Gasteiger charge is -2.39. The van der Waals surface area contributed by atoms with Crippen molar-refractivity contribution in [1.82, 2.24) is 9.80 Å². The van der Waals surface area contributed by atoms with Gasteiger partial charge < -0.3 is 9.64 Å². The van der Waals surface area contributed by atoms with E-state index in [1.165, 1.54) is 12.0 Å². The summed E-state index contributed by atoms with van der Waals surface area (Å²) in [5, 5.41) is 0.374. The molecule has 166 valence electrons. The first-order valence-electron chi connectivity index (χ1n) is 10.5. The number of carbonyl (C=O) groups excluding carboxylic acids is 3. The van der Waals surface area contributed by atoms with Gasteiger partial charge in [0.15, 0.2) is 0 Å². The van der Waals surface area contributed by atoms with Gasteiger partial charge in [0.05, 0.1) is 18.6 Å². The molecule has 0 saturated carbocycles. The molecule has 0 unspecified atom stereocenters. The summed E-state index contributed by atoms with van der Waals surface area (Å²) in [6.07, 6.45) is 7.05. The highest BCUT2D eigenvalue weighted by atomic mass is 35.5. The number of hydrogen-bond donors (Lipinski definition) is 0. The zero-order chi connectivity index (χ0) is 22.6. The summed E-state index contributed by atoms with van der Waals surface area (Å²) in [6, 6.07) is 6.84. The van der Waals surface area contributed by atoms with Gasteiger partial charge in [-0.05, 0) is 31.4 Å². The number of ether oxygens (including phenoxy) is 1. The molecule has 0 radical (unpaired) electrons. The van der Waals surface area contributed by atoms with Crippen molar-refractivity contribution in [1.29, 1.82) is 0 Å². The van der Waals surface area contributed by atoms with E-state index >= 15 is 0 Å². The molecule has 3 atom stereocenters. The fraction of sp³-hybridized carbons (Fsp3) is 0.458. The minimum Gasteiger partial charge on any atom is -0.383 e. The first kappa shape index (κ1) is 23.2. The first-order valence-corrected chi connectivity index (χ1v) is 10.9. The maximum Gasteiger partial charge on any atom is 0.241 e. The minimum absolute atomic E-state index is 0.0231. The van der Waals surface area contributed by atoms with Crippen LogP contribution < -0.4 is 0 Å². The maximum atomic E-state index is 13.6. The fourth-order valence-corrected chi connectivity index (χ4v) is 4.97. The van der Waals surface area contributed by atoms with Crippen molar-refractivity contribution in [3.05, 3.63) is 59.7 Å². The molecule has 1 aromatic carbocycles. The molecule has 0 N–H and O–H groups in total. The smallest absolute Gasteiger partial charge is 0.241 e. The van der Waals surface area contributed by atoms with Crippen LogP contribution in [0.4, 0.5) is 0 Å². The van der Waals surface area contributed by atoms with Gasteiger partial charge in [-0.25, -0.2) is 0 Å². The summed E-state index contributed by atoms with van der Waals surface area (Å²) >= 11 is 6.48. The second-order valence-corrected chi connectivity index (χ2v) is 8.55. The zero-order valence-electron chi connectivity index (χ0n) is 18.1. The average Bonchev–Trinajstić information content (AvgIpc) is 2.97. The molecule has 0 bridgehead atoms. The molecule has 31 heavy (non-hydrogen) atoms. The van der Waals surface area contributed by atoms with Gasteiger partial charge in [0, 0.05) is 37.1 Å². The van der Waals surface area contributed by atoms with Crippen molar-refractivity contribution in [3.8, 4) is 0 Å². The Hall–Kier alpha value is -2.44. The zero-order valence-corrected chi connectivity index (χ0v) is 18.8. The van der Waals surface area contributed by atoms with Crippen LogP contribution in [-0.2, 0) is 24.5 Å². The van der Waals surface area contributed by atoms with Gasteiger partial charge in [0.1, 0.15) is 0 Å².